The lowest BCUT2D eigenvalue weighted by Crippen LogP contribution is -2.29. The summed E-state index contributed by atoms with van der Waals surface area (Å²) in [5.41, 5.74) is 0.841. The Kier molecular flexibility index (Phi) is 5.23. The first-order valence-electron chi connectivity index (χ1n) is 7.41. The van der Waals surface area contributed by atoms with Gasteiger partial charge in [0.1, 0.15) is 11.4 Å². The minimum absolute atomic E-state index is 0.280. The summed E-state index contributed by atoms with van der Waals surface area (Å²) in [5.74, 6) is 2.19. The highest BCUT2D eigenvalue weighted by atomic mass is 127. The van der Waals surface area contributed by atoms with Gasteiger partial charge in [0, 0.05) is 13.7 Å². The van der Waals surface area contributed by atoms with E-state index in [0.29, 0.717) is 5.92 Å². The fourth-order valence-corrected chi connectivity index (χ4v) is 3.86. The van der Waals surface area contributed by atoms with E-state index in [1.54, 1.807) is 7.11 Å². The summed E-state index contributed by atoms with van der Waals surface area (Å²) in [5, 5.41) is 3.36. The van der Waals surface area contributed by atoms with E-state index in [1.807, 2.05) is 0 Å². The molecule has 1 saturated carbocycles. The standard InChI is InChI=1S/C15H24IN3O/c1-5-17-13-11(16)12(10(2)3)18-14(19-13)15(20-4)8-6-7-9-15/h10H,5-9H2,1-4H3,(H,17,18,19). The van der Waals surface area contributed by atoms with E-state index in [1.165, 1.54) is 12.8 Å². The van der Waals surface area contributed by atoms with Gasteiger partial charge < -0.3 is 10.1 Å². The molecule has 0 spiro atoms. The van der Waals surface area contributed by atoms with Crippen LogP contribution in [-0.4, -0.2) is 23.6 Å². The lowest BCUT2D eigenvalue weighted by atomic mass is 10.00. The average molecular weight is 389 g/mol. The molecular formula is C15H24IN3O. The van der Waals surface area contributed by atoms with E-state index < -0.39 is 0 Å². The summed E-state index contributed by atoms with van der Waals surface area (Å²) in [6.45, 7) is 7.31. The third-order valence-electron chi connectivity index (χ3n) is 3.98. The highest BCUT2D eigenvalue weighted by Crippen LogP contribution is 2.41. The number of aromatic nitrogens is 2. The number of hydrogen-bond donors (Lipinski definition) is 1. The Balaban J connectivity index is 2.52. The molecule has 0 saturated heterocycles. The van der Waals surface area contributed by atoms with Crippen molar-refractivity contribution in [3.05, 3.63) is 15.1 Å². The highest BCUT2D eigenvalue weighted by Gasteiger charge is 2.39. The quantitative estimate of drug-likeness (QED) is 0.772. The first kappa shape index (κ1) is 15.9. The van der Waals surface area contributed by atoms with Crippen LogP contribution < -0.4 is 5.32 Å². The Morgan fingerprint density at radius 3 is 2.45 bits per heavy atom. The zero-order chi connectivity index (χ0) is 14.8. The van der Waals surface area contributed by atoms with Crippen molar-refractivity contribution in [1.29, 1.82) is 0 Å². The van der Waals surface area contributed by atoms with E-state index in [4.69, 9.17) is 14.7 Å². The van der Waals surface area contributed by atoms with Gasteiger partial charge in [-0.1, -0.05) is 13.8 Å². The van der Waals surface area contributed by atoms with Crippen molar-refractivity contribution in [2.24, 2.45) is 0 Å². The number of nitrogens with zero attached hydrogens (tertiary/aromatic N) is 2. The summed E-state index contributed by atoms with van der Waals surface area (Å²) >= 11 is 2.35. The molecular weight excluding hydrogens is 365 g/mol. The van der Waals surface area contributed by atoms with Crippen molar-refractivity contribution in [2.45, 2.75) is 58.0 Å². The molecule has 1 aromatic rings. The molecule has 1 heterocycles. The van der Waals surface area contributed by atoms with Crippen LogP contribution in [0, 0.1) is 3.57 Å². The van der Waals surface area contributed by atoms with Gasteiger partial charge in [-0.25, -0.2) is 9.97 Å². The van der Waals surface area contributed by atoms with Crippen molar-refractivity contribution in [3.8, 4) is 0 Å². The van der Waals surface area contributed by atoms with Crippen LogP contribution >= 0.6 is 22.6 Å². The molecule has 1 aliphatic rings. The monoisotopic (exact) mass is 389 g/mol. The molecule has 1 aromatic heterocycles. The zero-order valence-corrected chi connectivity index (χ0v) is 15.0. The second kappa shape index (κ2) is 6.56. The van der Waals surface area contributed by atoms with Gasteiger partial charge in [-0.3, -0.25) is 0 Å². The second-order valence-electron chi connectivity index (χ2n) is 5.69. The lowest BCUT2D eigenvalue weighted by molar-refractivity contribution is -0.0164. The molecule has 0 atom stereocenters. The summed E-state index contributed by atoms with van der Waals surface area (Å²) in [7, 11) is 1.79. The maximum atomic E-state index is 5.84. The minimum Gasteiger partial charge on any atom is -0.370 e. The van der Waals surface area contributed by atoms with Crippen LogP contribution in [0.2, 0.25) is 0 Å². The number of methoxy groups -OCH3 is 1. The van der Waals surface area contributed by atoms with Crippen molar-refractivity contribution >= 4 is 28.4 Å². The van der Waals surface area contributed by atoms with Gasteiger partial charge in [0.25, 0.3) is 0 Å². The molecule has 2 rings (SSSR count). The average Bonchev–Trinajstić information content (AvgIpc) is 2.91. The Morgan fingerprint density at radius 1 is 1.30 bits per heavy atom. The van der Waals surface area contributed by atoms with Gasteiger partial charge in [-0.05, 0) is 61.1 Å². The van der Waals surface area contributed by atoms with Crippen LogP contribution in [0.25, 0.3) is 0 Å². The minimum atomic E-state index is -0.280. The molecule has 0 unspecified atom stereocenters. The topological polar surface area (TPSA) is 47.0 Å². The fourth-order valence-electron chi connectivity index (χ4n) is 2.80. The molecule has 5 heteroatoms. The molecule has 1 fully saturated rings. The first-order chi connectivity index (χ1) is 9.54. The zero-order valence-electron chi connectivity index (χ0n) is 12.8. The van der Waals surface area contributed by atoms with Gasteiger partial charge in [0.2, 0.25) is 0 Å². The van der Waals surface area contributed by atoms with Crippen LogP contribution in [0.4, 0.5) is 5.82 Å². The number of rotatable bonds is 5. The Bertz CT molecular complexity index is 470. The van der Waals surface area contributed by atoms with Gasteiger partial charge in [0.15, 0.2) is 5.82 Å². The van der Waals surface area contributed by atoms with E-state index in [0.717, 1.165) is 40.3 Å². The van der Waals surface area contributed by atoms with Gasteiger partial charge >= 0.3 is 0 Å². The molecule has 1 N–H and O–H groups in total. The van der Waals surface area contributed by atoms with Gasteiger partial charge in [0.05, 0.1) is 9.26 Å². The molecule has 0 bridgehead atoms. The fraction of sp³-hybridized carbons (Fsp3) is 0.733. The maximum absolute atomic E-state index is 5.84. The smallest absolute Gasteiger partial charge is 0.162 e. The van der Waals surface area contributed by atoms with Crippen LogP contribution in [0.15, 0.2) is 0 Å². The van der Waals surface area contributed by atoms with Gasteiger partial charge in [-0.2, -0.15) is 0 Å². The summed E-state index contributed by atoms with van der Waals surface area (Å²) in [6.07, 6.45) is 4.42. The van der Waals surface area contributed by atoms with Crippen molar-refractivity contribution < 1.29 is 4.74 Å². The third-order valence-corrected chi connectivity index (χ3v) is 5.04. The third kappa shape index (κ3) is 2.93. The summed E-state index contributed by atoms with van der Waals surface area (Å²) in [6, 6.07) is 0. The number of halogens is 1. The Morgan fingerprint density at radius 2 is 1.95 bits per heavy atom. The number of nitrogens with one attached hydrogen (secondary N) is 1. The van der Waals surface area contributed by atoms with Crippen molar-refractivity contribution in [2.75, 3.05) is 19.0 Å². The Hall–Kier alpha value is -0.430. The van der Waals surface area contributed by atoms with E-state index in [-0.39, 0.29) is 5.60 Å². The normalized spacial score (nSPS) is 17.7. The molecule has 0 radical (unpaired) electrons. The van der Waals surface area contributed by atoms with E-state index in [9.17, 15) is 0 Å². The second-order valence-corrected chi connectivity index (χ2v) is 6.76. The summed E-state index contributed by atoms with van der Waals surface area (Å²) in [4.78, 5) is 9.63. The van der Waals surface area contributed by atoms with Crippen molar-refractivity contribution in [3.63, 3.8) is 0 Å². The predicted octanol–water partition coefficient (Wildman–Crippen LogP) is 4.05. The molecule has 20 heavy (non-hydrogen) atoms. The van der Waals surface area contributed by atoms with Crippen LogP contribution in [0.3, 0.4) is 0 Å². The van der Waals surface area contributed by atoms with E-state index >= 15 is 0 Å². The molecule has 0 aromatic carbocycles. The molecule has 0 aliphatic heterocycles. The molecule has 112 valence electrons. The maximum Gasteiger partial charge on any atom is 0.162 e. The Labute approximate surface area is 135 Å². The van der Waals surface area contributed by atoms with Gasteiger partial charge in [-0.15, -0.1) is 0 Å². The highest BCUT2D eigenvalue weighted by molar-refractivity contribution is 14.1. The number of hydrogen-bond acceptors (Lipinski definition) is 4. The largest absolute Gasteiger partial charge is 0.370 e. The lowest BCUT2D eigenvalue weighted by Gasteiger charge is -2.27. The predicted molar refractivity (Wildman–Crippen MR) is 90.2 cm³/mol. The van der Waals surface area contributed by atoms with E-state index in [2.05, 4.69) is 48.7 Å². The van der Waals surface area contributed by atoms with Crippen LogP contribution in [0.1, 0.15) is 63.9 Å². The number of ether oxygens (including phenoxy) is 1. The number of anilines is 1. The van der Waals surface area contributed by atoms with Crippen LogP contribution in [0.5, 0.6) is 0 Å². The SMILES string of the molecule is CCNc1nc(C2(OC)CCCC2)nc(C(C)C)c1I. The molecule has 1 aliphatic carbocycles. The van der Waals surface area contributed by atoms with Crippen molar-refractivity contribution in [1.82, 2.24) is 9.97 Å². The first-order valence-corrected chi connectivity index (χ1v) is 8.49. The molecule has 0 amide bonds. The summed E-state index contributed by atoms with van der Waals surface area (Å²) < 4.78 is 6.97. The molecule has 4 nitrogen and oxygen atoms in total. The van der Waals surface area contributed by atoms with Crippen LogP contribution in [-0.2, 0) is 10.3 Å².